The lowest BCUT2D eigenvalue weighted by molar-refractivity contribution is 0.255. The molecule has 18 heavy (non-hydrogen) atoms. The molecular formula is C14H21N3O. The van der Waals surface area contributed by atoms with Gasteiger partial charge < -0.3 is 11.5 Å². The van der Waals surface area contributed by atoms with Crippen LogP contribution in [0.1, 0.15) is 31.2 Å². The van der Waals surface area contributed by atoms with Crippen LogP contribution >= 0.6 is 0 Å². The topological polar surface area (TPSA) is 72.3 Å². The van der Waals surface area contributed by atoms with E-state index in [-0.39, 0.29) is 5.41 Å². The summed E-state index contributed by atoms with van der Waals surface area (Å²) in [5, 5.41) is 0. The smallest absolute Gasteiger partial charge is 0.318 e. The monoisotopic (exact) mass is 247 g/mol. The van der Waals surface area contributed by atoms with E-state index in [1.165, 1.54) is 23.3 Å². The Balaban J connectivity index is 2.34. The third-order valence-electron chi connectivity index (χ3n) is 4.13. The number of urea groups is 1. The van der Waals surface area contributed by atoms with Crippen LogP contribution < -0.4 is 16.4 Å². The second-order valence-electron chi connectivity index (χ2n) is 5.14. The van der Waals surface area contributed by atoms with Gasteiger partial charge in [0.15, 0.2) is 0 Å². The summed E-state index contributed by atoms with van der Waals surface area (Å²) in [7, 11) is 1.69. The molecule has 0 heterocycles. The Hall–Kier alpha value is -1.55. The first-order valence-corrected chi connectivity index (χ1v) is 6.43. The van der Waals surface area contributed by atoms with Crippen molar-refractivity contribution >= 4 is 11.7 Å². The molecule has 1 aromatic carbocycles. The number of rotatable bonds is 3. The maximum Gasteiger partial charge on any atom is 0.318 e. The van der Waals surface area contributed by atoms with Gasteiger partial charge in [-0.05, 0) is 30.5 Å². The molecule has 4 nitrogen and oxygen atoms in total. The third-order valence-corrected chi connectivity index (χ3v) is 4.13. The van der Waals surface area contributed by atoms with Gasteiger partial charge in [-0.25, -0.2) is 4.79 Å². The third kappa shape index (κ3) is 2.20. The molecule has 0 radical (unpaired) electrons. The molecule has 0 atom stereocenters. The minimum absolute atomic E-state index is 0.0918. The second-order valence-corrected chi connectivity index (χ2v) is 5.14. The minimum atomic E-state index is -0.444. The Labute approximate surface area is 108 Å². The fourth-order valence-corrected chi connectivity index (χ4v) is 2.83. The van der Waals surface area contributed by atoms with Crippen molar-refractivity contribution in [3.05, 3.63) is 29.8 Å². The minimum Gasteiger partial charge on any atom is -0.351 e. The van der Waals surface area contributed by atoms with E-state index in [2.05, 4.69) is 6.07 Å². The van der Waals surface area contributed by atoms with Crippen molar-refractivity contribution < 1.29 is 4.79 Å². The Morgan fingerprint density at radius 3 is 2.61 bits per heavy atom. The summed E-state index contributed by atoms with van der Waals surface area (Å²) in [5.74, 6) is 0. The van der Waals surface area contributed by atoms with Crippen LogP contribution in [0.5, 0.6) is 0 Å². The molecule has 4 N–H and O–H groups in total. The van der Waals surface area contributed by atoms with Gasteiger partial charge in [0.2, 0.25) is 0 Å². The SMILES string of the molecule is CN(C(N)=O)c1cccc(C2(CN)CCCC2)c1. The number of benzene rings is 1. The van der Waals surface area contributed by atoms with E-state index in [0.29, 0.717) is 6.54 Å². The molecule has 0 bridgehead atoms. The Morgan fingerprint density at radius 2 is 2.06 bits per heavy atom. The van der Waals surface area contributed by atoms with Gasteiger partial charge in [0.25, 0.3) is 0 Å². The normalized spacial score (nSPS) is 17.7. The van der Waals surface area contributed by atoms with Gasteiger partial charge in [0, 0.05) is 24.7 Å². The molecular weight excluding hydrogens is 226 g/mol. The van der Waals surface area contributed by atoms with Crippen molar-refractivity contribution in [3.63, 3.8) is 0 Å². The molecule has 98 valence electrons. The largest absolute Gasteiger partial charge is 0.351 e. The summed E-state index contributed by atoms with van der Waals surface area (Å²) in [4.78, 5) is 12.7. The molecule has 1 aliphatic carbocycles. The highest BCUT2D eigenvalue weighted by molar-refractivity contribution is 5.90. The Kier molecular flexibility index (Phi) is 3.57. The molecule has 4 heteroatoms. The molecule has 2 rings (SSSR count). The molecule has 0 spiro atoms. The molecule has 0 aromatic heterocycles. The molecule has 1 fully saturated rings. The highest BCUT2D eigenvalue weighted by Crippen LogP contribution is 2.41. The number of carbonyl (C=O) groups excluding carboxylic acids is 1. The van der Waals surface area contributed by atoms with Gasteiger partial charge in [0.1, 0.15) is 0 Å². The van der Waals surface area contributed by atoms with Gasteiger partial charge in [-0.2, -0.15) is 0 Å². The predicted octanol–water partition coefficient (Wildman–Crippen LogP) is 1.97. The van der Waals surface area contributed by atoms with E-state index < -0.39 is 6.03 Å². The second kappa shape index (κ2) is 4.98. The van der Waals surface area contributed by atoms with Crippen LogP contribution in [0.4, 0.5) is 10.5 Å². The van der Waals surface area contributed by atoms with Crippen molar-refractivity contribution in [2.45, 2.75) is 31.1 Å². The van der Waals surface area contributed by atoms with Gasteiger partial charge in [-0.1, -0.05) is 25.0 Å². The van der Waals surface area contributed by atoms with Crippen LogP contribution in [0, 0.1) is 0 Å². The number of nitrogens with zero attached hydrogens (tertiary/aromatic N) is 1. The van der Waals surface area contributed by atoms with Gasteiger partial charge >= 0.3 is 6.03 Å². The molecule has 0 saturated heterocycles. The van der Waals surface area contributed by atoms with E-state index in [1.807, 2.05) is 18.2 Å². The molecule has 0 unspecified atom stereocenters. The summed E-state index contributed by atoms with van der Waals surface area (Å²) in [5.41, 5.74) is 13.4. The van der Waals surface area contributed by atoms with Crippen LogP contribution in [0.15, 0.2) is 24.3 Å². The highest BCUT2D eigenvalue weighted by atomic mass is 16.2. The molecule has 1 aromatic rings. The predicted molar refractivity (Wildman–Crippen MR) is 73.6 cm³/mol. The first-order chi connectivity index (χ1) is 8.59. The summed E-state index contributed by atoms with van der Waals surface area (Å²) in [6.45, 7) is 0.663. The summed E-state index contributed by atoms with van der Waals surface area (Å²) < 4.78 is 0. The van der Waals surface area contributed by atoms with E-state index in [9.17, 15) is 4.79 Å². The lowest BCUT2D eigenvalue weighted by atomic mass is 9.79. The van der Waals surface area contributed by atoms with Crippen molar-refractivity contribution in [3.8, 4) is 0 Å². The number of carbonyl (C=O) groups is 1. The van der Waals surface area contributed by atoms with Gasteiger partial charge in [-0.3, -0.25) is 4.90 Å². The zero-order chi connectivity index (χ0) is 13.2. The number of primary amides is 1. The average molecular weight is 247 g/mol. The first kappa shape index (κ1) is 12.9. The maximum absolute atomic E-state index is 11.2. The van der Waals surface area contributed by atoms with E-state index in [0.717, 1.165) is 18.5 Å². The number of hydrogen-bond donors (Lipinski definition) is 2. The van der Waals surface area contributed by atoms with Crippen LogP contribution in [-0.2, 0) is 5.41 Å². The van der Waals surface area contributed by atoms with Gasteiger partial charge in [-0.15, -0.1) is 0 Å². The number of nitrogens with two attached hydrogens (primary N) is 2. The van der Waals surface area contributed by atoms with Crippen molar-refractivity contribution in [2.75, 3.05) is 18.5 Å². The van der Waals surface area contributed by atoms with Crippen LogP contribution in [0.2, 0.25) is 0 Å². The average Bonchev–Trinajstić information content (AvgIpc) is 2.88. The number of anilines is 1. The first-order valence-electron chi connectivity index (χ1n) is 6.43. The molecule has 0 aliphatic heterocycles. The van der Waals surface area contributed by atoms with E-state index >= 15 is 0 Å². The summed E-state index contributed by atoms with van der Waals surface area (Å²) >= 11 is 0. The van der Waals surface area contributed by atoms with Crippen molar-refractivity contribution in [1.82, 2.24) is 0 Å². The zero-order valence-electron chi connectivity index (χ0n) is 10.9. The van der Waals surface area contributed by atoms with Crippen LogP contribution in [0.3, 0.4) is 0 Å². The Morgan fingerprint density at radius 1 is 1.39 bits per heavy atom. The van der Waals surface area contributed by atoms with Crippen LogP contribution in [-0.4, -0.2) is 19.6 Å². The van der Waals surface area contributed by atoms with Crippen LogP contribution in [0.25, 0.3) is 0 Å². The van der Waals surface area contributed by atoms with Gasteiger partial charge in [0.05, 0.1) is 0 Å². The lowest BCUT2D eigenvalue weighted by Crippen LogP contribution is -2.34. The summed E-state index contributed by atoms with van der Waals surface area (Å²) in [6.07, 6.45) is 4.72. The highest BCUT2D eigenvalue weighted by Gasteiger charge is 2.34. The standard InChI is InChI=1S/C14H21N3O/c1-17(13(16)18)12-6-4-5-11(9-12)14(10-15)7-2-3-8-14/h4-6,9H,2-3,7-8,10,15H2,1H3,(H2,16,18). The molecule has 1 saturated carbocycles. The van der Waals surface area contributed by atoms with E-state index in [4.69, 9.17) is 11.5 Å². The number of amides is 2. The lowest BCUT2D eigenvalue weighted by Gasteiger charge is -2.29. The van der Waals surface area contributed by atoms with E-state index in [1.54, 1.807) is 7.05 Å². The fourth-order valence-electron chi connectivity index (χ4n) is 2.83. The fraction of sp³-hybridized carbons (Fsp3) is 0.500. The van der Waals surface area contributed by atoms with Crippen molar-refractivity contribution in [2.24, 2.45) is 11.5 Å². The number of hydrogen-bond acceptors (Lipinski definition) is 2. The zero-order valence-corrected chi connectivity index (χ0v) is 10.9. The summed E-state index contributed by atoms with van der Waals surface area (Å²) in [6, 6.07) is 7.58. The molecule has 1 aliphatic rings. The quantitative estimate of drug-likeness (QED) is 0.857. The van der Waals surface area contributed by atoms with Crippen molar-refractivity contribution in [1.29, 1.82) is 0 Å². The maximum atomic E-state index is 11.2. The molecule has 2 amide bonds. The Bertz CT molecular complexity index is 438.